The number of carbonyl (C=O) groups excluding carboxylic acids is 1. The summed E-state index contributed by atoms with van der Waals surface area (Å²) in [6.45, 7) is 0. The Labute approximate surface area is 122 Å². The molecule has 3 rings (SSSR count). The molecule has 108 valence electrons. The number of fused-ring (bicyclic) bond motifs is 1. The second-order valence-electron chi connectivity index (χ2n) is 4.01. The molecule has 0 aliphatic carbocycles. The summed E-state index contributed by atoms with van der Waals surface area (Å²) in [6, 6.07) is 5.79. The molecule has 0 bridgehead atoms. The average molecular weight is 324 g/mol. The van der Waals surface area contributed by atoms with Crippen LogP contribution in [-0.2, 0) is 10.0 Å². The van der Waals surface area contributed by atoms with Gasteiger partial charge in [0.1, 0.15) is 4.21 Å². The van der Waals surface area contributed by atoms with E-state index in [4.69, 9.17) is 0 Å². The van der Waals surface area contributed by atoms with E-state index in [1.807, 2.05) is 4.72 Å². The maximum Gasteiger partial charge on any atom is 0.347 e. The smallest absolute Gasteiger partial charge is 0.268 e. The van der Waals surface area contributed by atoms with Gasteiger partial charge in [0.25, 0.3) is 15.9 Å². The molecule has 2 N–H and O–H groups in total. The normalized spacial score (nSPS) is 11.6. The first-order valence-corrected chi connectivity index (χ1v) is 8.02. The quantitative estimate of drug-likeness (QED) is 0.714. The largest absolute Gasteiger partial charge is 0.347 e. The van der Waals surface area contributed by atoms with Gasteiger partial charge in [-0.25, -0.2) is 27.4 Å². The summed E-state index contributed by atoms with van der Waals surface area (Å²) in [7, 11) is -3.93. The Morgan fingerprint density at radius 1 is 1.33 bits per heavy atom. The highest BCUT2D eigenvalue weighted by Crippen LogP contribution is 2.16. The number of aromatic nitrogens is 3. The van der Waals surface area contributed by atoms with Crippen LogP contribution in [0.1, 0.15) is 10.4 Å². The molecule has 3 aromatic heterocycles. The molecule has 1 amide bonds. The number of amides is 1. The number of hydrogen-bond acceptors (Lipinski definition) is 6. The van der Waals surface area contributed by atoms with Crippen molar-refractivity contribution in [3.63, 3.8) is 0 Å². The SMILES string of the molecule is O=C(NS(=O)(=O)c1cccs1)c1cccn2c(=O)[nH]nc12. The molecular weight excluding hydrogens is 316 g/mol. The van der Waals surface area contributed by atoms with Gasteiger partial charge < -0.3 is 0 Å². The summed E-state index contributed by atoms with van der Waals surface area (Å²) in [5.74, 6) is -0.854. The number of rotatable bonds is 3. The summed E-state index contributed by atoms with van der Waals surface area (Å²) in [6.07, 6.45) is 1.42. The Bertz CT molecular complexity index is 969. The van der Waals surface area contributed by atoms with Gasteiger partial charge in [0.15, 0.2) is 5.65 Å². The Morgan fingerprint density at radius 3 is 2.86 bits per heavy atom. The molecule has 0 saturated carbocycles. The van der Waals surface area contributed by atoms with Gasteiger partial charge in [0, 0.05) is 6.20 Å². The first-order chi connectivity index (χ1) is 9.99. The van der Waals surface area contributed by atoms with Crippen LogP contribution in [0.5, 0.6) is 0 Å². The second-order valence-corrected chi connectivity index (χ2v) is 6.87. The molecule has 0 aliphatic rings. The second kappa shape index (κ2) is 4.82. The van der Waals surface area contributed by atoms with Crippen molar-refractivity contribution in [3.05, 3.63) is 51.9 Å². The molecule has 0 aliphatic heterocycles. The molecule has 8 nitrogen and oxygen atoms in total. The maximum absolute atomic E-state index is 12.1. The Kier molecular flexibility index (Phi) is 3.11. The third-order valence-electron chi connectivity index (χ3n) is 2.67. The van der Waals surface area contributed by atoms with E-state index >= 15 is 0 Å². The van der Waals surface area contributed by atoms with Gasteiger partial charge in [-0.3, -0.25) is 4.79 Å². The average Bonchev–Trinajstić information content (AvgIpc) is 3.08. The van der Waals surface area contributed by atoms with Gasteiger partial charge in [-0.1, -0.05) is 6.07 Å². The highest BCUT2D eigenvalue weighted by molar-refractivity contribution is 7.92. The minimum atomic E-state index is -3.93. The molecule has 21 heavy (non-hydrogen) atoms. The van der Waals surface area contributed by atoms with Crippen molar-refractivity contribution < 1.29 is 13.2 Å². The first-order valence-electron chi connectivity index (χ1n) is 5.65. The summed E-state index contributed by atoms with van der Waals surface area (Å²) in [5, 5.41) is 7.49. The van der Waals surface area contributed by atoms with Crippen molar-refractivity contribution in [2.45, 2.75) is 4.21 Å². The minimum absolute atomic E-state index is 0.0176. The number of thiophene rings is 1. The number of nitrogens with one attached hydrogen (secondary N) is 2. The lowest BCUT2D eigenvalue weighted by Gasteiger charge is -2.05. The number of H-pyrrole nitrogens is 1. The van der Waals surface area contributed by atoms with Crippen LogP contribution >= 0.6 is 11.3 Å². The van der Waals surface area contributed by atoms with E-state index in [0.29, 0.717) is 0 Å². The van der Waals surface area contributed by atoms with Gasteiger partial charge in [-0.15, -0.1) is 11.3 Å². The Morgan fingerprint density at radius 2 is 2.14 bits per heavy atom. The predicted octanol–water partition coefficient (Wildman–Crippen LogP) is 0.203. The fourth-order valence-corrected chi connectivity index (χ4v) is 3.71. The van der Waals surface area contributed by atoms with E-state index in [-0.39, 0.29) is 15.4 Å². The standard InChI is InChI=1S/C11H8N4O4S2/c16-10(14-21(18,19)8-4-2-6-20-8)7-3-1-5-15-9(7)12-13-11(15)17/h1-6H,(H,13,17)(H,14,16). The summed E-state index contributed by atoms with van der Waals surface area (Å²) < 4.78 is 27.1. The van der Waals surface area contributed by atoms with Crippen LogP contribution in [0.25, 0.3) is 5.65 Å². The van der Waals surface area contributed by atoms with Crippen molar-refractivity contribution >= 4 is 32.9 Å². The summed E-state index contributed by atoms with van der Waals surface area (Å²) in [5.41, 5.74) is -0.474. The molecule has 0 fully saturated rings. The Balaban J connectivity index is 2.01. The van der Waals surface area contributed by atoms with Crippen LogP contribution in [-0.4, -0.2) is 28.9 Å². The number of pyridine rings is 1. The lowest BCUT2D eigenvalue weighted by molar-refractivity contribution is 0.0982. The van der Waals surface area contributed by atoms with Gasteiger partial charge >= 0.3 is 5.69 Å². The molecule has 3 aromatic rings. The number of carbonyl (C=O) groups is 1. The van der Waals surface area contributed by atoms with Gasteiger partial charge in [-0.05, 0) is 23.6 Å². The van der Waals surface area contributed by atoms with E-state index in [2.05, 4.69) is 10.2 Å². The van der Waals surface area contributed by atoms with Crippen LogP contribution in [0.3, 0.4) is 0 Å². The monoisotopic (exact) mass is 324 g/mol. The number of aromatic amines is 1. The van der Waals surface area contributed by atoms with Crippen LogP contribution in [0.4, 0.5) is 0 Å². The minimum Gasteiger partial charge on any atom is -0.268 e. The van der Waals surface area contributed by atoms with E-state index in [9.17, 15) is 18.0 Å². The fourth-order valence-electron chi connectivity index (χ4n) is 1.75. The fraction of sp³-hybridized carbons (Fsp3) is 0. The van der Waals surface area contributed by atoms with E-state index in [0.717, 1.165) is 15.7 Å². The molecule has 10 heteroatoms. The third kappa shape index (κ3) is 2.34. The summed E-state index contributed by atoms with van der Waals surface area (Å²) in [4.78, 5) is 23.5. The lowest BCUT2D eigenvalue weighted by Crippen LogP contribution is -2.30. The zero-order valence-corrected chi connectivity index (χ0v) is 11.9. The zero-order valence-electron chi connectivity index (χ0n) is 10.3. The van der Waals surface area contributed by atoms with Gasteiger partial charge in [0.2, 0.25) is 0 Å². The zero-order chi connectivity index (χ0) is 15.0. The molecule has 0 atom stereocenters. The number of hydrogen-bond donors (Lipinski definition) is 2. The molecule has 0 aromatic carbocycles. The van der Waals surface area contributed by atoms with Crippen molar-refractivity contribution in [2.24, 2.45) is 0 Å². The number of sulfonamides is 1. The van der Waals surface area contributed by atoms with Crippen LogP contribution < -0.4 is 10.4 Å². The Hall–Kier alpha value is -2.46. The van der Waals surface area contributed by atoms with Crippen molar-refractivity contribution in [1.29, 1.82) is 0 Å². The highest BCUT2D eigenvalue weighted by Gasteiger charge is 2.21. The van der Waals surface area contributed by atoms with Crippen molar-refractivity contribution in [3.8, 4) is 0 Å². The molecular formula is C11H8N4O4S2. The first kappa shape index (κ1) is 13.5. The molecule has 3 heterocycles. The van der Waals surface area contributed by atoms with Crippen LogP contribution in [0, 0.1) is 0 Å². The molecule has 0 unspecified atom stereocenters. The lowest BCUT2D eigenvalue weighted by atomic mass is 10.2. The van der Waals surface area contributed by atoms with Crippen molar-refractivity contribution in [2.75, 3.05) is 0 Å². The van der Waals surface area contributed by atoms with Crippen LogP contribution in [0.15, 0.2) is 44.8 Å². The molecule has 0 spiro atoms. The van der Waals surface area contributed by atoms with E-state index in [1.165, 1.54) is 24.4 Å². The third-order valence-corrected chi connectivity index (χ3v) is 5.40. The maximum atomic E-state index is 12.1. The summed E-state index contributed by atoms with van der Waals surface area (Å²) >= 11 is 0.995. The van der Waals surface area contributed by atoms with E-state index in [1.54, 1.807) is 11.4 Å². The van der Waals surface area contributed by atoms with Gasteiger partial charge in [0.05, 0.1) is 5.56 Å². The topological polar surface area (TPSA) is 113 Å². The van der Waals surface area contributed by atoms with E-state index < -0.39 is 21.6 Å². The number of nitrogens with zero attached hydrogens (tertiary/aromatic N) is 2. The highest BCUT2D eigenvalue weighted by atomic mass is 32.2. The predicted molar refractivity (Wildman–Crippen MR) is 74.8 cm³/mol. The van der Waals surface area contributed by atoms with Gasteiger partial charge in [-0.2, -0.15) is 5.10 Å². The van der Waals surface area contributed by atoms with Crippen LogP contribution in [0.2, 0.25) is 0 Å². The molecule has 0 saturated heterocycles. The molecule has 0 radical (unpaired) electrons. The van der Waals surface area contributed by atoms with Crippen molar-refractivity contribution in [1.82, 2.24) is 19.3 Å².